The predicted molar refractivity (Wildman–Crippen MR) is 62.2 cm³/mol. The second-order valence-corrected chi connectivity index (χ2v) is 5.45. The minimum absolute atomic E-state index is 0.313. The van der Waals surface area contributed by atoms with Gasteiger partial charge in [-0.3, -0.25) is 4.79 Å². The molecular formula is C10H10Br2O2. The molecule has 1 aromatic rings. The van der Waals surface area contributed by atoms with Gasteiger partial charge in [0.2, 0.25) is 0 Å². The number of carbonyl (C=O) groups is 1. The number of alkyl halides is 1. The Morgan fingerprint density at radius 1 is 1.36 bits per heavy atom. The van der Waals surface area contributed by atoms with E-state index >= 15 is 0 Å². The SMILES string of the molecule is CC(=O)OC(C)(Br)c1ccc(Br)cc1. The number of carbonyl (C=O) groups excluding carboxylic acids is 1. The van der Waals surface area contributed by atoms with Crippen molar-refractivity contribution in [1.82, 2.24) is 0 Å². The third kappa shape index (κ3) is 3.10. The molecule has 1 rings (SSSR count). The smallest absolute Gasteiger partial charge is 0.304 e. The van der Waals surface area contributed by atoms with E-state index in [1.54, 1.807) is 6.92 Å². The van der Waals surface area contributed by atoms with E-state index in [-0.39, 0.29) is 5.97 Å². The van der Waals surface area contributed by atoms with Crippen LogP contribution in [-0.4, -0.2) is 5.97 Å². The lowest BCUT2D eigenvalue weighted by Crippen LogP contribution is -2.20. The van der Waals surface area contributed by atoms with Gasteiger partial charge in [-0.2, -0.15) is 0 Å². The summed E-state index contributed by atoms with van der Waals surface area (Å²) in [6.45, 7) is 3.18. The minimum Gasteiger partial charge on any atom is -0.443 e. The van der Waals surface area contributed by atoms with Crippen LogP contribution in [0.5, 0.6) is 0 Å². The molecule has 2 nitrogen and oxygen atoms in total. The van der Waals surface area contributed by atoms with Gasteiger partial charge in [0, 0.05) is 17.0 Å². The summed E-state index contributed by atoms with van der Waals surface area (Å²) in [5.41, 5.74) is 0.899. The van der Waals surface area contributed by atoms with Gasteiger partial charge in [0.1, 0.15) is 0 Å². The lowest BCUT2D eigenvalue weighted by Gasteiger charge is -2.22. The Hall–Kier alpha value is -0.350. The highest BCUT2D eigenvalue weighted by Gasteiger charge is 2.25. The van der Waals surface area contributed by atoms with Crippen molar-refractivity contribution in [2.75, 3.05) is 0 Å². The molecule has 76 valence electrons. The highest BCUT2D eigenvalue weighted by molar-refractivity contribution is 9.10. The molecule has 1 atom stereocenters. The first kappa shape index (κ1) is 11.7. The van der Waals surface area contributed by atoms with E-state index in [9.17, 15) is 4.79 Å². The summed E-state index contributed by atoms with van der Waals surface area (Å²) >= 11 is 6.70. The Kier molecular flexibility index (Phi) is 3.72. The van der Waals surface area contributed by atoms with Gasteiger partial charge in [-0.25, -0.2) is 0 Å². The van der Waals surface area contributed by atoms with Gasteiger partial charge in [0.15, 0.2) is 4.51 Å². The molecule has 0 amide bonds. The number of rotatable bonds is 2. The van der Waals surface area contributed by atoms with Crippen molar-refractivity contribution in [3.8, 4) is 0 Å². The first-order chi connectivity index (χ1) is 6.42. The molecular weight excluding hydrogens is 312 g/mol. The van der Waals surface area contributed by atoms with Crippen LogP contribution in [0.3, 0.4) is 0 Å². The zero-order valence-corrected chi connectivity index (χ0v) is 11.1. The zero-order chi connectivity index (χ0) is 10.8. The Morgan fingerprint density at radius 3 is 2.29 bits per heavy atom. The average molecular weight is 322 g/mol. The van der Waals surface area contributed by atoms with E-state index in [0.29, 0.717) is 0 Å². The van der Waals surface area contributed by atoms with Crippen molar-refractivity contribution < 1.29 is 9.53 Å². The van der Waals surface area contributed by atoms with Crippen molar-refractivity contribution in [2.24, 2.45) is 0 Å². The number of hydrogen-bond acceptors (Lipinski definition) is 2. The fourth-order valence-corrected chi connectivity index (χ4v) is 1.83. The van der Waals surface area contributed by atoms with Gasteiger partial charge < -0.3 is 4.74 Å². The maximum atomic E-state index is 10.8. The molecule has 1 aromatic carbocycles. The van der Waals surface area contributed by atoms with Gasteiger partial charge in [-0.15, -0.1) is 0 Å². The van der Waals surface area contributed by atoms with Crippen LogP contribution >= 0.6 is 31.9 Å². The van der Waals surface area contributed by atoms with Crippen molar-refractivity contribution in [1.29, 1.82) is 0 Å². The van der Waals surface area contributed by atoms with Gasteiger partial charge in [0.25, 0.3) is 0 Å². The molecule has 0 aliphatic heterocycles. The molecule has 14 heavy (non-hydrogen) atoms. The minimum atomic E-state index is -0.750. The molecule has 0 radical (unpaired) electrons. The monoisotopic (exact) mass is 320 g/mol. The number of esters is 1. The molecule has 0 saturated heterocycles. The second-order valence-electron chi connectivity index (χ2n) is 3.02. The largest absolute Gasteiger partial charge is 0.443 e. The molecule has 1 unspecified atom stereocenters. The summed E-state index contributed by atoms with van der Waals surface area (Å²) in [5.74, 6) is -0.313. The van der Waals surface area contributed by atoms with E-state index in [1.165, 1.54) is 6.92 Å². The molecule has 0 heterocycles. The first-order valence-corrected chi connectivity index (χ1v) is 5.65. The zero-order valence-electron chi connectivity index (χ0n) is 7.88. The fraction of sp³-hybridized carbons (Fsp3) is 0.300. The molecule has 0 aromatic heterocycles. The lowest BCUT2D eigenvalue weighted by molar-refractivity contribution is -0.147. The number of hydrogen-bond donors (Lipinski definition) is 0. The normalized spacial score (nSPS) is 14.6. The van der Waals surface area contributed by atoms with Crippen LogP contribution in [-0.2, 0) is 14.0 Å². The third-order valence-electron chi connectivity index (χ3n) is 1.70. The first-order valence-electron chi connectivity index (χ1n) is 4.06. The van der Waals surface area contributed by atoms with Crippen molar-refractivity contribution in [3.63, 3.8) is 0 Å². The van der Waals surface area contributed by atoms with E-state index in [1.807, 2.05) is 24.3 Å². The molecule has 4 heteroatoms. The number of halogens is 2. The summed E-state index contributed by atoms with van der Waals surface area (Å²) in [6, 6.07) is 7.58. The van der Waals surface area contributed by atoms with Crippen LogP contribution in [0.1, 0.15) is 19.4 Å². The second kappa shape index (κ2) is 4.45. The topological polar surface area (TPSA) is 26.3 Å². The Balaban J connectivity index is 2.91. The van der Waals surface area contributed by atoms with Crippen LogP contribution < -0.4 is 0 Å². The van der Waals surface area contributed by atoms with Gasteiger partial charge in [0.05, 0.1) is 0 Å². The molecule has 0 N–H and O–H groups in total. The number of ether oxygens (including phenoxy) is 1. The lowest BCUT2D eigenvalue weighted by atomic mass is 10.1. The molecule has 0 fully saturated rings. The average Bonchev–Trinajstić information content (AvgIpc) is 2.02. The van der Waals surface area contributed by atoms with Crippen LogP contribution in [0, 0.1) is 0 Å². The predicted octanol–water partition coefficient (Wildman–Crippen LogP) is 3.58. The highest BCUT2D eigenvalue weighted by atomic mass is 79.9. The number of benzene rings is 1. The molecule has 0 aliphatic rings. The quantitative estimate of drug-likeness (QED) is 0.614. The van der Waals surface area contributed by atoms with E-state index in [2.05, 4.69) is 31.9 Å². The van der Waals surface area contributed by atoms with E-state index in [0.717, 1.165) is 10.0 Å². The van der Waals surface area contributed by atoms with E-state index < -0.39 is 4.51 Å². The van der Waals surface area contributed by atoms with Crippen molar-refractivity contribution >= 4 is 37.8 Å². The van der Waals surface area contributed by atoms with Gasteiger partial charge in [-0.05, 0) is 35.0 Å². The van der Waals surface area contributed by atoms with Crippen molar-refractivity contribution in [3.05, 3.63) is 34.3 Å². The summed E-state index contributed by atoms with van der Waals surface area (Å²) in [6.07, 6.45) is 0. The van der Waals surface area contributed by atoms with Crippen LogP contribution in [0.25, 0.3) is 0 Å². The fourth-order valence-electron chi connectivity index (χ4n) is 1.08. The Morgan fingerprint density at radius 2 is 1.86 bits per heavy atom. The van der Waals surface area contributed by atoms with Crippen LogP contribution in [0.4, 0.5) is 0 Å². The Labute approximate surface area is 99.9 Å². The maximum Gasteiger partial charge on any atom is 0.304 e. The molecule has 0 spiro atoms. The summed E-state index contributed by atoms with van der Waals surface area (Å²) in [7, 11) is 0. The molecule has 0 bridgehead atoms. The van der Waals surface area contributed by atoms with Crippen LogP contribution in [0.15, 0.2) is 28.7 Å². The highest BCUT2D eigenvalue weighted by Crippen LogP contribution is 2.32. The van der Waals surface area contributed by atoms with E-state index in [4.69, 9.17) is 4.74 Å². The Bertz CT molecular complexity index is 330. The molecule has 0 saturated carbocycles. The molecule has 0 aliphatic carbocycles. The standard InChI is InChI=1S/C10H10Br2O2/c1-7(13)14-10(2,12)8-3-5-9(11)6-4-8/h3-6H,1-2H3. The van der Waals surface area contributed by atoms with Crippen LogP contribution in [0.2, 0.25) is 0 Å². The van der Waals surface area contributed by atoms with Gasteiger partial charge >= 0.3 is 5.97 Å². The summed E-state index contributed by atoms with van der Waals surface area (Å²) in [5, 5.41) is 0. The summed E-state index contributed by atoms with van der Waals surface area (Å²) < 4.78 is 5.37. The van der Waals surface area contributed by atoms with Gasteiger partial charge in [-0.1, -0.05) is 28.1 Å². The maximum absolute atomic E-state index is 10.8. The van der Waals surface area contributed by atoms with Crippen molar-refractivity contribution in [2.45, 2.75) is 18.4 Å². The summed E-state index contributed by atoms with van der Waals surface area (Å²) in [4.78, 5) is 10.8. The third-order valence-corrected chi connectivity index (χ3v) is 2.84.